The second-order valence-electron chi connectivity index (χ2n) is 5.28. The maximum absolute atomic E-state index is 11.9. The van der Waals surface area contributed by atoms with Crippen LogP contribution in [0.5, 0.6) is 0 Å². The lowest BCUT2D eigenvalue weighted by molar-refractivity contribution is -0.122. The van der Waals surface area contributed by atoms with E-state index in [0.717, 1.165) is 25.9 Å². The van der Waals surface area contributed by atoms with E-state index >= 15 is 0 Å². The molecule has 0 radical (unpaired) electrons. The molecule has 0 aromatic carbocycles. The van der Waals surface area contributed by atoms with E-state index in [2.05, 4.69) is 10.4 Å². The summed E-state index contributed by atoms with van der Waals surface area (Å²) in [6.07, 6.45) is 6.56. The summed E-state index contributed by atoms with van der Waals surface area (Å²) in [7, 11) is 1.79. The van der Waals surface area contributed by atoms with Crippen molar-refractivity contribution in [3.8, 4) is 0 Å². The zero-order valence-corrected chi connectivity index (χ0v) is 12.5. The first kappa shape index (κ1) is 15.9. The fraction of sp³-hybridized carbons (Fsp3) is 0.714. The Morgan fingerprint density at radius 1 is 1.71 bits per heavy atom. The molecule has 21 heavy (non-hydrogen) atoms. The van der Waals surface area contributed by atoms with Gasteiger partial charge in [0.15, 0.2) is 0 Å². The van der Waals surface area contributed by atoms with Crippen LogP contribution < -0.4 is 11.1 Å². The van der Waals surface area contributed by atoms with E-state index in [1.165, 1.54) is 0 Å². The zero-order chi connectivity index (χ0) is 15.1. The van der Waals surface area contributed by atoms with Crippen molar-refractivity contribution in [3.63, 3.8) is 0 Å². The molecule has 2 rings (SSSR count). The maximum Gasteiger partial charge on any atom is 0.241 e. The van der Waals surface area contributed by atoms with Crippen molar-refractivity contribution in [3.05, 3.63) is 18.0 Å². The molecule has 1 aromatic heterocycles. The molecule has 1 aliphatic rings. The van der Waals surface area contributed by atoms with Gasteiger partial charge < -0.3 is 20.5 Å². The van der Waals surface area contributed by atoms with Gasteiger partial charge in [0, 0.05) is 38.6 Å². The van der Waals surface area contributed by atoms with Gasteiger partial charge >= 0.3 is 0 Å². The van der Waals surface area contributed by atoms with Crippen LogP contribution in [0, 0.1) is 0 Å². The van der Waals surface area contributed by atoms with Crippen molar-refractivity contribution in [2.24, 2.45) is 12.8 Å². The van der Waals surface area contributed by atoms with Crippen LogP contribution in [0.1, 0.15) is 30.9 Å². The third-order valence-electron chi connectivity index (χ3n) is 3.46. The molecule has 0 aliphatic carbocycles. The van der Waals surface area contributed by atoms with Gasteiger partial charge in [0.25, 0.3) is 0 Å². The number of amides is 1. The molecule has 0 saturated carbocycles. The number of aromatic nitrogens is 2. The number of nitrogens with two attached hydrogens (primary N) is 1. The quantitative estimate of drug-likeness (QED) is 0.665. The summed E-state index contributed by atoms with van der Waals surface area (Å²) in [5, 5.41) is 6.81. The second kappa shape index (κ2) is 8.11. The van der Waals surface area contributed by atoms with Crippen LogP contribution in [0.4, 0.5) is 0 Å². The molecule has 2 unspecified atom stereocenters. The van der Waals surface area contributed by atoms with Crippen LogP contribution in [-0.4, -0.2) is 48.2 Å². The standard InChI is InChI=1S/C14H24N4O3/c1-18-9-11(8-17-18)13(15)14(19)16-5-3-6-20-10-12-4-2-7-21-12/h8-9,12-13H,2-7,10,15H2,1H3,(H,16,19). The van der Waals surface area contributed by atoms with Gasteiger partial charge in [0.2, 0.25) is 5.91 Å². The highest BCUT2D eigenvalue weighted by Gasteiger charge is 2.17. The van der Waals surface area contributed by atoms with Gasteiger partial charge in [-0.2, -0.15) is 5.10 Å². The number of aryl methyl sites for hydroxylation is 1. The first-order chi connectivity index (χ1) is 10.2. The molecule has 7 heteroatoms. The minimum absolute atomic E-state index is 0.192. The highest BCUT2D eigenvalue weighted by atomic mass is 16.5. The molecular formula is C14H24N4O3. The number of nitrogens with one attached hydrogen (secondary N) is 1. The average molecular weight is 296 g/mol. The Morgan fingerprint density at radius 3 is 3.24 bits per heavy atom. The summed E-state index contributed by atoms with van der Waals surface area (Å²) in [6.45, 7) is 2.65. The normalized spacial score (nSPS) is 19.6. The lowest BCUT2D eigenvalue weighted by Gasteiger charge is -2.12. The Hall–Kier alpha value is -1.44. The third-order valence-corrected chi connectivity index (χ3v) is 3.46. The summed E-state index contributed by atoms with van der Waals surface area (Å²) >= 11 is 0. The molecule has 118 valence electrons. The van der Waals surface area contributed by atoms with Crippen LogP contribution in [0.3, 0.4) is 0 Å². The molecule has 1 aromatic rings. The predicted octanol–water partition coefficient (Wildman–Crippen LogP) is 0.122. The minimum Gasteiger partial charge on any atom is -0.379 e. The molecule has 0 spiro atoms. The zero-order valence-electron chi connectivity index (χ0n) is 12.5. The van der Waals surface area contributed by atoms with Crippen LogP contribution in [0.25, 0.3) is 0 Å². The van der Waals surface area contributed by atoms with Crippen LogP contribution in [0.15, 0.2) is 12.4 Å². The lowest BCUT2D eigenvalue weighted by atomic mass is 10.1. The van der Waals surface area contributed by atoms with Crippen LogP contribution in [0.2, 0.25) is 0 Å². The first-order valence-electron chi connectivity index (χ1n) is 7.38. The Kier molecular flexibility index (Phi) is 6.16. The molecular weight excluding hydrogens is 272 g/mol. The van der Waals surface area contributed by atoms with E-state index in [1.54, 1.807) is 24.1 Å². The predicted molar refractivity (Wildman–Crippen MR) is 77.6 cm³/mol. The second-order valence-corrected chi connectivity index (χ2v) is 5.28. The number of nitrogens with zero attached hydrogens (tertiary/aromatic N) is 2. The van der Waals surface area contributed by atoms with E-state index in [4.69, 9.17) is 15.2 Å². The molecule has 0 bridgehead atoms. The van der Waals surface area contributed by atoms with Gasteiger partial charge in [0.1, 0.15) is 6.04 Å². The van der Waals surface area contributed by atoms with Crippen molar-refractivity contribution >= 4 is 5.91 Å². The lowest BCUT2D eigenvalue weighted by Crippen LogP contribution is -2.34. The number of rotatable bonds is 8. The molecule has 7 nitrogen and oxygen atoms in total. The van der Waals surface area contributed by atoms with Gasteiger partial charge in [-0.25, -0.2) is 0 Å². The van der Waals surface area contributed by atoms with Gasteiger partial charge in [-0.3, -0.25) is 9.48 Å². The van der Waals surface area contributed by atoms with E-state index in [-0.39, 0.29) is 12.0 Å². The third kappa shape index (κ3) is 5.11. The van der Waals surface area contributed by atoms with E-state index in [0.29, 0.717) is 25.3 Å². The van der Waals surface area contributed by atoms with Crippen molar-refractivity contribution in [2.75, 3.05) is 26.4 Å². The Balaban J connectivity index is 1.54. The summed E-state index contributed by atoms with van der Waals surface area (Å²) in [5.74, 6) is -0.192. The largest absolute Gasteiger partial charge is 0.379 e. The molecule has 1 fully saturated rings. The average Bonchev–Trinajstić information content (AvgIpc) is 3.13. The fourth-order valence-electron chi connectivity index (χ4n) is 2.24. The van der Waals surface area contributed by atoms with E-state index in [9.17, 15) is 4.79 Å². The molecule has 1 amide bonds. The van der Waals surface area contributed by atoms with Crippen molar-refractivity contribution < 1.29 is 14.3 Å². The highest BCUT2D eigenvalue weighted by Crippen LogP contribution is 2.12. The Morgan fingerprint density at radius 2 is 2.57 bits per heavy atom. The van der Waals surface area contributed by atoms with Crippen molar-refractivity contribution in [1.29, 1.82) is 0 Å². The summed E-state index contributed by atoms with van der Waals surface area (Å²) in [6, 6.07) is -0.675. The molecule has 1 aliphatic heterocycles. The first-order valence-corrected chi connectivity index (χ1v) is 7.38. The van der Waals surface area contributed by atoms with Gasteiger partial charge in [-0.15, -0.1) is 0 Å². The van der Waals surface area contributed by atoms with Crippen molar-refractivity contribution in [1.82, 2.24) is 15.1 Å². The number of carbonyl (C=O) groups is 1. The smallest absolute Gasteiger partial charge is 0.241 e. The summed E-state index contributed by atoms with van der Waals surface area (Å²) in [5.41, 5.74) is 6.57. The highest BCUT2D eigenvalue weighted by molar-refractivity contribution is 5.82. The topological polar surface area (TPSA) is 91.4 Å². The van der Waals surface area contributed by atoms with Crippen LogP contribution in [-0.2, 0) is 21.3 Å². The molecule has 2 heterocycles. The van der Waals surface area contributed by atoms with Gasteiger partial charge in [-0.05, 0) is 19.3 Å². The molecule has 2 atom stereocenters. The van der Waals surface area contributed by atoms with E-state index < -0.39 is 6.04 Å². The number of hydrogen-bond donors (Lipinski definition) is 2. The summed E-state index contributed by atoms with van der Waals surface area (Å²) < 4.78 is 12.6. The number of hydrogen-bond acceptors (Lipinski definition) is 5. The monoisotopic (exact) mass is 296 g/mol. The van der Waals surface area contributed by atoms with Gasteiger partial charge in [0.05, 0.1) is 18.9 Å². The Labute approximate surface area is 124 Å². The minimum atomic E-state index is -0.675. The van der Waals surface area contributed by atoms with E-state index in [1.807, 2.05) is 0 Å². The maximum atomic E-state index is 11.9. The molecule has 1 saturated heterocycles. The van der Waals surface area contributed by atoms with Crippen molar-refractivity contribution in [2.45, 2.75) is 31.4 Å². The molecule has 3 N–H and O–H groups in total. The number of ether oxygens (including phenoxy) is 2. The number of carbonyl (C=O) groups excluding carboxylic acids is 1. The summed E-state index contributed by atoms with van der Waals surface area (Å²) in [4.78, 5) is 11.9. The fourth-order valence-corrected chi connectivity index (χ4v) is 2.24. The van der Waals surface area contributed by atoms with Crippen LogP contribution >= 0.6 is 0 Å². The Bertz CT molecular complexity index is 443. The SMILES string of the molecule is Cn1cc(C(N)C(=O)NCCCOCC2CCCO2)cn1. The van der Waals surface area contributed by atoms with Gasteiger partial charge in [-0.1, -0.05) is 0 Å².